The number of hydrogen-bond donors (Lipinski definition) is 2. The van der Waals surface area contributed by atoms with Crippen molar-refractivity contribution in [3.05, 3.63) is 99.5 Å². The first-order valence-electron chi connectivity index (χ1n) is 11.4. The lowest BCUT2D eigenvalue weighted by Gasteiger charge is -2.33. The highest BCUT2D eigenvalue weighted by atomic mass is 35.5. The van der Waals surface area contributed by atoms with E-state index in [9.17, 15) is 9.59 Å². The van der Waals surface area contributed by atoms with Gasteiger partial charge in [-0.3, -0.25) is 9.59 Å². The molecular weight excluding hydrogens is 483 g/mol. The van der Waals surface area contributed by atoms with E-state index in [1.165, 1.54) is 0 Å². The van der Waals surface area contributed by atoms with Crippen LogP contribution in [-0.4, -0.2) is 24.0 Å². The van der Waals surface area contributed by atoms with Gasteiger partial charge in [0.25, 0.3) is 11.8 Å². The van der Waals surface area contributed by atoms with Crippen LogP contribution in [0.15, 0.2) is 72.8 Å². The van der Waals surface area contributed by atoms with Crippen molar-refractivity contribution in [2.24, 2.45) is 0 Å². The van der Waals surface area contributed by atoms with Crippen molar-refractivity contribution >= 4 is 35.0 Å². The molecule has 0 heterocycles. The molecule has 0 fully saturated rings. The van der Waals surface area contributed by atoms with E-state index < -0.39 is 11.1 Å². The molecule has 0 saturated heterocycles. The SMILES string of the molecule is CC(C)(Oc1ccc(CCNC(=O)c2ccc(Cl)cc2)cc1)C(=O)NC(C)(C)c1cccc(Cl)c1. The van der Waals surface area contributed by atoms with Gasteiger partial charge in [0.1, 0.15) is 5.75 Å². The predicted molar refractivity (Wildman–Crippen MR) is 141 cm³/mol. The van der Waals surface area contributed by atoms with Crippen molar-refractivity contribution in [3.8, 4) is 5.75 Å². The van der Waals surface area contributed by atoms with Crippen LogP contribution in [0.5, 0.6) is 5.75 Å². The van der Waals surface area contributed by atoms with Gasteiger partial charge in [-0.05, 0) is 93.8 Å². The Morgan fingerprint density at radius 2 is 1.51 bits per heavy atom. The zero-order chi connectivity index (χ0) is 25.6. The molecule has 0 aliphatic heterocycles. The fourth-order valence-corrected chi connectivity index (χ4v) is 3.79. The third-order valence-corrected chi connectivity index (χ3v) is 6.11. The van der Waals surface area contributed by atoms with Gasteiger partial charge in [0.15, 0.2) is 5.60 Å². The van der Waals surface area contributed by atoms with Gasteiger partial charge in [-0.2, -0.15) is 0 Å². The van der Waals surface area contributed by atoms with E-state index >= 15 is 0 Å². The molecular formula is C28H30Cl2N2O3. The number of carbonyl (C=O) groups is 2. The minimum Gasteiger partial charge on any atom is -0.478 e. The van der Waals surface area contributed by atoms with Gasteiger partial charge in [0, 0.05) is 22.2 Å². The summed E-state index contributed by atoms with van der Waals surface area (Å²) in [6, 6.07) is 21.7. The summed E-state index contributed by atoms with van der Waals surface area (Å²) in [5.74, 6) is 0.200. The Kier molecular flexibility index (Phi) is 8.47. The second kappa shape index (κ2) is 11.1. The molecule has 0 aliphatic carbocycles. The summed E-state index contributed by atoms with van der Waals surface area (Å²) in [6.45, 7) is 7.81. The number of benzene rings is 3. The molecule has 184 valence electrons. The van der Waals surface area contributed by atoms with Crippen LogP contribution in [-0.2, 0) is 16.8 Å². The summed E-state index contributed by atoms with van der Waals surface area (Å²) in [7, 11) is 0. The first-order valence-corrected chi connectivity index (χ1v) is 12.1. The maximum atomic E-state index is 13.0. The molecule has 0 saturated carbocycles. The lowest BCUT2D eigenvalue weighted by Crippen LogP contribution is -2.52. The average Bonchev–Trinajstić information content (AvgIpc) is 2.80. The molecule has 3 aromatic carbocycles. The van der Waals surface area contributed by atoms with Crippen molar-refractivity contribution in [2.75, 3.05) is 6.54 Å². The number of halogens is 2. The van der Waals surface area contributed by atoms with Crippen molar-refractivity contribution in [1.82, 2.24) is 10.6 Å². The fourth-order valence-electron chi connectivity index (χ4n) is 3.47. The zero-order valence-corrected chi connectivity index (χ0v) is 21.8. The van der Waals surface area contributed by atoms with E-state index in [4.69, 9.17) is 27.9 Å². The smallest absolute Gasteiger partial charge is 0.264 e. The fraction of sp³-hybridized carbons (Fsp3) is 0.286. The molecule has 0 radical (unpaired) electrons. The summed E-state index contributed by atoms with van der Waals surface area (Å²) in [5, 5.41) is 7.16. The summed E-state index contributed by atoms with van der Waals surface area (Å²) in [5.41, 5.74) is 0.796. The number of rotatable bonds is 9. The average molecular weight is 513 g/mol. The van der Waals surface area contributed by atoms with Crippen LogP contribution >= 0.6 is 23.2 Å². The van der Waals surface area contributed by atoms with Crippen LogP contribution in [0, 0.1) is 0 Å². The van der Waals surface area contributed by atoms with Crippen LogP contribution in [0.4, 0.5) is 0 Å². The molecule has 2 N–H and O–H groups in total. The van der Waals surface area contributed by atoms with Gasteiger partial charge < -0.3 is 15.4 Å². The van der Waals surface area contributed by atoms with Crippen molar-refractivity contribution in [1.29, 1.82) is 0 Å². The summed E-state index contributed by atoms with van der Waals surface area (Å²) < 4.78 is 6.02. The van der Waals surface area contributed by atoms with E-state index in [0.717, 1.165) is 11.1 Å². The van der Waals surface area contributed by atoms with Gasteiger partial charge in [-0.1, -0.05) is 47.5 Å². The molecule has 2 amide bonds. The van der Waals surface area contributed by atoms with E-state index in [-0.39, 0.29) is 11.8 Å². The molecule has 35 heavy (non-hydrogen) atoms. The lowest BCUT2D eigenvalue weighted by atomic mass is 9.93. The van der Waals surface area contributed by atoms with Gasteiger partial charge in [-0.25, -0.2) is 0 Å². The Labute approximate surface area is 216 Å². The van der Waals surface area contributed by atoms with Gasteiger partial charge in [0.2, 0.25) is 0 Å². The van der Waals surface area contributed by atoms with Crippen molar-refractivity contribution in [2.45, 2.75) is 45.3 Å². The van der Waals surface area contributed by atoms with Crippen LogP contribution in [0.25, 0.3) is 0 Å². The predicted octanol–water partition coefficient (Wildman–Crippen LogP) is 6.17. The summed E-state index contributed by atoms with van der Waals surface area (Å²) in [4.78, 5) is 25.2. The van der Waals surface area contributed by atoms with E-state index in [0.29, 0.717) is 34.3 Å². The number of amides is 2. The third-order valence-electron chi connectivity index (χ3n) is 5.62. The first-order chi connectivity index (χ1) is 16.5. The highest BCUT2D eigenvalue weighted by Crippen LogP contribution is 2.25. The normalized spacial score (nSPS) is 11.6. The van der Waals surface area contributed by atoms with Crippen LogP contribution in [0.2, 0.25) is 10.0 Å². The Balaban J connectivity index is 1.53. The second-order valence-corrected chi connectivity index (χ2v) is 10.2. The number of hydrogen-bond acceptors (Lipinski definition) is 3. The molecule has 0 aliphatic rings. The second-order valence-electron chi connectivity index (χ2n) is 9.36. The van der Waals surface area contributed by atoms with Gasteiger partial charge in [0.05, 0.1) is 5.54 Å². The zero-order valence-electron chi connectivity index (χ0n) is 20.3. The maximum absolute atomic E-state index is 13.0. The number of ether oxygens (including phenoxy) is 1. The van der Waals surface area contributed by atoms with E-state index in [1.807, 2.05) is 56.3 Å². The largest absolute Gasteiger partial charge is 0.478 e. The van der Waals surface area contributed by atoms with Crippen LogP contribution in [0.3, 0.4) is 0 Å². The molecule has 3 rings (SSSR count). The summed E-state index contributed by atoms with van der Waals surface area (Å²) >= 11 is 12.0. The Bertz CT molecular complexity index is 1170. The molecule has 0 unspecified atom stereocenters. The highest BCUT2D eigenvalue weighted by molar-refractivity contribution is 6.31. The monoisotopic (exact) mass is 512 g/mol. The van der Waals surface area contributed by atoms with E-state index in [1.54, 1.807) is 44.2 Å². The molecule has 0 atom stereocenters. The minimum absolute atomic E-state index is 0.143. The Hall–Kier alpha value is -3.02. The molecule has 5 nitrogen and oxygen atoms in total. The molecule has 0 bridgehead atoms. The Morgan fingerprint density at radius 3 is 2.14 bits per heavy atom. The molecule has 7 heteroatoms. The van der Waals surface area contributed by atoms with Crippen molar-refractivity contribution < 1.29 is 14.3 Å². The third kappa shape index (κ3) is 7.48. The molecule has 3 aromatic rings. The van der Waals surface area contributed by atoms with Crippen molar-refractivity contribution in [3.63, 3.8) is 0 Å². The summed E-state index contributed by atoms with van der Waals surface area (Å²) in [6.07, 6.45) is 0.664. The van der Waals surface area contributed by atoms with E-state index in [2.05, 4.69) is 10.6 Å². The molecule has 0 aromatic heterocycles. The van der Waals surface area contributed by atoms with Gasteiger partial charge >= 0.3 is 0 Å². The highest BCUT2D eigenvalue weighted by Gasteiger charge is 2.34. The van der Waals surface area contributed by atoms with Crippen LogP contribution < -0.4 is 15.4 Å². The minimum atomic E-state index is -1.09. The molecule has 0 spiro atoms. The first kappa shape index (κ1) is 26.6. The lowest BCUT2D eigenvalue weighted by molar-refractivity contribution is -0.136. The Morgan fingerprint density at radius 1 is 0.857 bits per heavy atom. The number of carbonyl (C=O) groups excluding carboxylic acids is 2. The standard InChI is InChI=1S/C28H30Cl2N2O3/c1-27(2,21-6-5-7-23(30)18-21)32-26(34)28(3,4)35-24-14-8-19(9-15-24)16-17-31-25(33)20-10-12-22(29)13-11-20/h5-15,18H,16-17H2,1-4H3,(H,31,33)(H,32,34). The quantitative estimate of drug-likeness (QED) is 0.359. The number of nitrogens with one attached hydrogen (secondary N) is 2. The van der Waals surface area contributed by atoms with Gasteiger partial charge in [-0.15, -0.1) is 0 Å². The van der Waals surface area contributed by atoms with Crippen LogP contribution in [0.1, 0.15) is 49.2 Å². The topological polar surface area (TPSA) is 67.4 Å². The maximum Gasteiger partial charge on any atom is 0.264 e.